The fourth-order valence-electron chi connectivity index (χ4n) is 4.97. The third kappa shape index (κ3) is 4.23. The van der Waals surface area contributed by atoms with Gasteiger partial charge in [0, 0.05) is 21.8 Å². The molecule has 0 bridgehead atoms. The first-order valence-corrected chi connectivity index (χ1v) is 12.4. The summed E-state index contributed by atoms with van der Waals surface area (Å²) in [6, 6.07) is 11.8. The molecule has 0 aromatic heterocycles. The van der Waals surface area contributed by atoms with Gasteiger partial charge in [0.2, 0.25) is 0 Å². The number of amides is 2. The van der Waals surface area contributed by atoms with Gasteiger partial charge in [0.25, 0.3) is 11.8 Å². The van der Waals surface area contributed by atoms with Crippen molar-refractivity contribution in [3.8, 4) is 0 Å². The van der Waals surface area contributed by atoms with Crippen LogP contribution < -0.4 is 15.1 Å². The summed E-state index contributed by atoms with van der Waals surface area (Å²) in [4.78, 5) is 30.0. The molecule has 2 aromatic carbocycles. The molecule has 4 rings (SSSR count). The van der Waals surface area contributed by atoms with Crippen molar-refractivity contribution in [2.45, 2.75) is 53.1 Å². The van der Waals surface area contributed by atoms with E-state index < -0.39 is 11.8 Å². The van der Waals surface area contributed by atoms with Gasteiger partial charge in [-0.3, -0.25) is 19.8 Å². The second-order valence-electron chi connectivity index (χ2n) is 9.61. The molecule has 0 aliphatic carbocycles. The van der Waals surface area contributed by atoms with Gasteiger partial charge in [-0.1, -0.05) is 28.1 Å². The molecule has 0 spiro atoms. The monoisotopic (exact) mass is 537 g/mol. The van der Waals surface area contributed by atoms with Gasteiger partial charge in [0.05, 0.1) is 11.2 Å². The van der Waals surface area contributed by atoms with Gasteiger partial charge < -0.3 is 4.90 Å². The Morgan fingerprint density at radius 1 is 1.12 bits per heavy atom. The summed E-state index contributed by atoms with van der Waals surface area (Å²) in [5, 5.41) is 2.74. The second kappa shape index (κ2) is 8.78. The number of nitrogens with one attached hydrogen (secondary N) is 1. The maximum Gasteiger partial charge on any atom is 0.270 e. The van der Waals surface area contributed by atoms with Crippen LogP contribution in [0.2, 0.25) is 0 Å². The van der Waals surface area contributed by atoms with Crippen molar-refractivity contribution in [3.05, 3.63) is 69.2 Å². The molecule has 1 fully saturated rings. The first-order valence-electron chi connectivity index (χ1n) is 11.2. The number of carbonyl (C=O) groups is 2. The molecule has 1 saturated heterocycles. The van der Waals surface area contributed by atoms with Crippen molar-refractivity contribution in [3.63, 3.8) is 0 Å². The highest BCUT2D eigenvalue weighted by atomic mass is 79.9. The van der Waals surface area contributed by atoms with E-state index in [1.54, 1.807) is 18.2 Å². The number of fused-ring (bicyclic) bond motifs is 1. The van der Waals surface area contributed by atoms with Gasteiger partial charge in [-0.15, -0.1) is 0 Å². The van der Waals surface area contributed by atoms with Crippen LogP contribution in [0.5, 0.6) is 0 Å². The number of hydrogen-bond acceptors (Lipinski definition) is 4. The Kier molecular flexibility index (Phi) is 6.29. The van der Waals surface area contributed by atoms with E-state index in [1.165, 1.54) is 10.5 Å². The molecule has 34 heavy (non-hydrogen) atoms. The predicted octanol–water partition coefficient (Wildman–Crippen LogP) is 6.00. The van der Waals surface area contributed by atoms with Crippen molar-refractivity contribution in [2.75, 3.05) is 9.80 Å². The first kappa shape index (κ1) is 24.4. The topological polar surface area (TPSA) is 52.7 Å². The lowest BCUT2D eigenvalue weighted by atomic mass is 9.85. The molecule has 0 saturated carbocycles. The number of allylic oxidation sites excluding steroid dienone is 1. The van der Waals surface area contributed by atoms with Crippen molar-refractivity contribution in [1.29, 1.82) is 0 Å². The van der Waals surface area contributed by atoms with Crippen LogP contribution >= 0.6 is 28.1 Å². The lowest BCUT2D eigenvalue weighted by molar-refractivity contribution is -0.122. The molecular formula is C27H28BrN3O2S. The maximum atomic E-state index is 13.4. The quantitative estimate of drug-likeness (QED) is 0.296. The Balaban J connectivity index is 1.81. The lowest BCUT2D eigenvalue weighted by Gasteiger charge is -2.46. The van der Waals surface area contributed by atoms with E-state index >= 15 is 0 Å². The summed E-state index contributed by atoms with van der Waals surface area (Å²) in [5.74, 6) is -0.934. The van der Waals surface area contributed by atoms with Gasteiger partial charge in [-0.2, -0.15) is 0 Å². The zero-order valence-electron chi connectivity index (χ0n) is 20.2. The van der Waals surface area contributed by atoms with E-state index in [9.17, 15) is 9.59 Å². The molecule has 2 aromatic rings. The molecule has 176 valence electrons. The van der Waals surface area contributed by atoms with Crippen LogP contribution in [0.3, 0.4) is 0 Å². The van der Waals surface area contributed by atoms with Crippen LogP contribution in [0.15, 0.2) is 52.5 Å². The van der Waals surface area contributed by atoms with E-state index in [0.717, 1.165) is 26.9 Å². The van der Waals surface area contributed by atoms with Crippen LogP contribution in [-0.2, 0) is 9.59 Å². The highest BCUT2D eigenvalue weighted by molar-refractivity contribution is 9.10. The van der Waals surface area contributed by atoms with Crippen LogP contribution in [0.25, 0.3) is 11.6 Å². The average Bonchev–Trinajstić information content (AvgIpc) is 2.70. The van der Waals surface area contributed by atoms with E-state index in [1.807, 2.05) is 19.1 Å². The van der Waals surface area contributed by atoms with Gasteiger partial charge >= 0.3 is 0 Å². The molecule has 0 unspecified atom stereocenters. The number of thiocarbonyl (C=S) groups is 1. The third-order valence-corrected chi connectivity index (χ3v) is 7.02. The molecule has 2 heterocycles. The molecule has 2 amide bonds. The molecule has 2 aliphatic rings. The van der Waals surface area contributed by atoms with Gasteiger partial charge in [0.15, 0.2) is 5.11 Å². The van der Waals surface area contributed by atoms with E-state index in [4.69, 9.17) is 12.2 Å². The number of rotatable bonds is 3. The lowest BCUT2D eigenvalue weighted by Crippen LogP contribution is -2.54. The number of anilines is 2. The van der Waals surface area contributed by atoms with Crippen molar-refractivity contribution >= 4 is 68.1 Å². The number of benzene rings is 2. The molecule has 0 atom stereocenters. The third-order valence-electron chi connectivity index (χ3n) is 6.24. The number of hydrogen-bond donors (Lipinski definition) is 1. The summed E-state index contributed by atoms with van der Waals surface area (Å²) >= 11 is 8.75. The minimum absolute atomic E-state index is 0.0510. The van der Waals surface area contributed by atoms with E-state index in [-0.39, 0.29) is 16.2 Å². The molecule has 0 radical (unpaired) electrons. The fraction of sp³-hybridized carbons (Fsp3) is 0.296. The van der Waals surface area contributed by atoms with E-state index in [0.29, 0.717) is 11.7 Å². The summed E-state index contributed by atoms with van der Waals surface area (Å²) < 4.78 is 0.813. The Morgan fingerprint density at radius 2 is 1.82 bits per heavy atom. The SMILES string of the molecule is CC1=CC(C)(C)N(C(C)C)c2cc(C)c(/C=C3\C(=O)NC(=S)N(c4cccc(Br)c4)C3=O)cc21. The predicted molar refractivity (Wildman–Crippen MR) is 147 cm³/mol. The summed E-state index contributed by atoms with van der Waals surface area (Å²) in [6.45, 7) is 12.9. The van der Waals surface area contributed by atoms with Crippen LogP contribution in [-0.4, -0.2) is 28.5 Å². The average molecular weight is 539 g/mol. The minimum Gasteiger partial charge on any atom is -0.360 e. The number of nitrogens with zero attached hydrogens (tertiary/aromatic N) is 2. The molecule has 2 aliphatic heterocycles. The second-order valence-corrected chi connectivity index (χ2v) is 10.9. The normalized spacial score (nSPS) is 18.9. The molecule has 7 heteroatoms. The molecule has 1 N–H and O–H groups in total. The minimum atomic E-state index is -0.490. The fourth-order valence-corrected chi connectivity index (χ4v) is 5.64. The smallest absolute Gasteiger partial charge is 0.270 e. The molecular weight excluding hydrogens is 510 g/mol. The summed E-state index contributed by atoms with van der Waals surface area (Å²) in [6.07, 6.45) is 3.94. The Bertz CT molecular complexity index is 1290. The largest absolute Gasteiger partial charge is 0.360 e. The first-order chi connectivity index (χ1) is 15.9. The van der Waals surface area contributed by atoms with Gasteiger partial charge in [-0.25, -0.2) is 0 Å². The highest BCUT2D eigenvalue weighted by Crippen LogP contribution is 2.42. The number of aryl methyl sites for hydroxylation is 1. The van der Waals surface area contributed by atoms with Crippen molar-refractivity contribution < 1.29 is 9.59 Å². The van der Waals surface area contributed by atoms with Crippen molar-refractivity contribution in [1.82, 2.24) is 5.32 Å². The van der Waals surface area contributed by atoms with Crippen molar-refractivity contribution in [2.24, 2.45) is 0 Å². The summed E-state index contributed by atoms with van der Waals surface area (Å²) in [5.41, 5.74) is 5.79. The Labute approximate surface area is 214 Å². The van der Waals surface area contributed by atoms with E-state index in [2.05, 4.69) is 79.0 Å². The van der Waals surface area contributed by atoms with Gasteiger partial charge in [-0.05, 0) is 107 Å². The number of halogens is 1. The highest BCUT2D eigenvalue weighted by Gasteiger charge is 2.36. The number of carbonyl (C=O) groups excluding carboxylic acids is 2. The Morgan fingerprint density at radius 3 is 2.47 bits per heavy atom. The zero-order valence-corrected chi connectivity index (χ0v) is 22.6. The summed E-state index contributed by atoms with van der Waals surface area (Å²) in [7, 11) is 0. The zero-order chi connectivity index (χ0) is 24.9. The van der Waals surface area contributed by atoms with Crippen LogP contribution in [0.4, 0.5) is 11.4 Å². The van der Waals surface area contributed by atoms with Crippen LogP contribution in [0.1, 0.15) is 51.3 Å². The maximum absolute atomic E-state index is 13.4. The van der Waals surface area contributed by atoms with Crippen LogP contribution in [0, 0.1) is 6.92 Å². The standard InChI is InChI=1S/C27H28BrN3O2S/c1-15(2)31-23-10-16(3)18(11-21(23)17(4)14-27(31,5)6)12-22-24(32)29-26(34)30(25(22)33)20-9-7-8-19(28)13-20/h7-15H,1-6H3,(H,29,32,34)/b22-12+. The molecule has 5 nitrogen and oxygen atoms in total. The van der Waals surface area contributed by atoms with Gasteiger partial charge in [0.1, 0.15) is 5.57 Å². The Hall–Kier alpha value is -2.77.